The average Bonchev–Trinajstić information content (AvgIpc) is 2.43. The SMILES string of the molecule is CNC(=O)C1CCN(C(=O)C(NC(C)=O)C(C)C)CC1. The molecular weight excluding hydrogens is 258 g/mol. The van der Waals surface area contributed by atoms with Crippen molar-refractivity contribution in [3.05, 3.63) is 0 Å². The van der Waals surface area contributed by atoms with Crippen molar-refractivity contribution in [2.45, 2.75) is 39.7 Å². The van der Waals surface area contributed by atoms with E-state index in [4.69, 9.17) is 0 Å². The lowest BCUT2D eigenvalue weighted by Gasteiger charge is -2.34. The van der Waals surface area contributed by atoms with E-state index in [2.05, 4.69) is 10.6 Å². The van der Waals surface area contributed by atoms with Crippen LogP contribution in [0.5, 0.6) is 0 Å². The van der Waals surface area contributed by atoms with E-state index in [1.807, 2.05) is 13.8 Å². The van der Waals surface area contributed by atoms with Crippen molar-refractivity contribution >= 4 is 17.7 Å². The van der Waals surface area contributed by atoms with Crippen LogP contribution in [0, 0.1) is 11.8 Å². The number of carbonyl (C=O) groups is 3. The topological polar surface area (TPSA) is 78.5 Å². The van der Waals surface area contributed by atoms with Crippen LogP contribution < -0.4 is 10.6 Å². The summed E-state index contributed by atoms with van der Waals surface area (Å²) < 4.78 is 0. The lowest BCUT2D eigenvalue weighted by molar-refractivity contribution is -0.140. The van der Waals surface area contributed by atoms with Crippen molar-refractivity contribution in [1.82, 2.24) is 15.5 Å². The van der Waals surface area contributed by atoms with Gasteiger partial charge in [0.1, 0.15) is 6.04 Å². The molecule has 0 aromatic heterocycles. The summed E-state index contributed by atoms with van der Waals surface area (Å²) in [4.78, 5) is 36.9. The molecule has 2 N–H and O–H groups in total. The molecule has 20 heavy (non-hydrogen) atoms. The summed E-state index contributed by atoms with van der Waals surface area (Å²) in [6, 6.07) is -0.482. The van der Waals surface area contributed by atoms with E-state index in [0.717, 1.165) is 0 Å². The number of piperidine rings is 1. The summed E-state index contributed by atoms with van der Waals surface area (Å²) in [6.45, 7) is 6.38. The molecule has 0 aromatic carbocycles. The maximum atomic E-state index is 12.4. The molecule has 1 rings (SSSR count). The lowest BCUT2D eigenvalue weighted by atomic mass is 9.94. The fourth-order valence-corrected chi connectivity index (χ4v) is 2.50. The minimum Gasteiger partial charge on any atom is -0.359 e. The molecule has 0 saturated carbocycles. The Balaban J connectivity index is 2.60. The second-order valence-electron chi connectivity index (χ2n) is 5.64. The van der Waals surface area contributed by atoms with Crippen LogP contribution in [-0.4, -0.2) is 48.8 Å². The van der Waals surface area contributed by atoms with Crippen LogP contribution in [0.1, 0.15) is 33.6 Å². The van der Waals surface area contributed by atoms with Gasteiger partial charge in [0.05, 0.1) is 0 Å². The number of carbonyl (C=O) groups excluding carboxylic acids is 3. The van der Waals surface area contributed by atoms with Gasteiger partial charge in [-0.1, -0.05) is 13.8 Å². The van der Waals surface area contributed by atoms with Gasteiger partial charge in [-0.2, -0.15) is 0 Å². The van der Waals surface area contributed by atoms with E-state index in [1.165, 1.54) is 6.92 Å². The van der Waals surface area contributed by atoms with Gasteiger partial charge in [-0.15, -0.1) is 0 Å². The second-order valence-corrected chi connectivity index (χ2v) is 5.64. The number of hydrogen-bond acceptors (Lipinski definition) is 3. The number of amides is 3. The molecule has 114 valence electrons. The third-order valence-corrected chi connectivity index (χ3v) is 3.72. The standard InChI is InChI=1S/C14H25N3O3/c1-9(2)12(16-10(3)18)14(20)17-7-5-11(6-8-17)13(19)15-4/h9,11-12H,5-8H2,1-4H3,(H,15,19)(H,16,18). The van der Waals surface area contributed by atoms with E-state index in [1.54, 1.807) is 11.9 Å². The zero-order valence-corrected chi connectivity index (χ0v) is 12.7. The Morgan fingerprint density at radius 2 is 1.70 bits per heavy atom. The van der Waals surface area contributed by atoms with Gasteiger partial charge in [-0.05, 0) is 18.8 Å². The first kappa shape index (κ1) is 16.5. The van der Waals surface area contributed by atoms with Crippen LogP contribution in [0.3, 0.4) is 0 Å². The van der Waals surface area contributed by atoms with Gasteiger partial charge in [-0.25, -0.2) is 0 Å². The van der Waals surface area contributed by atoms with Crippen LogP contribution in [0.4, 0.5) is 0 Å². The summed E-state index contributed by atoms with van der Waals surface area (Å²) >= 11 is 0. The lowest BCUT2D eigenvalue weighted by Crippen LogP contribution is -2.53. The van der Waals surface area contributed by atoms with Crippen LogP contribution in [0.25, 0.3) is 0 Å². The summed E-state index contributed by atoms with van der Waals surface area (Å²) in [6.07, 6.45) is 1.35. The van der Waals surface area contributed by atoms with Crippen molar-refractivity contribution in [2.75, 3.05) is 20.1 Å². The highest BCUT2D eigenvalue weighted by molar-refractivity contribution is 5.87. The van der Waals surface area contributed by atoms with Gasteiger partial charge in [0.2, 0.25) is 17.7 Å². The molecule has 0 spiro atoms. The number of likely N-dealkylation sites (tertiary alicyclic amines) is 1. The third-order valence-electron chi connectivity index (χ3n) is 3.72. The molecule has 1 unspecified atom stereocenters. The second kappa shape index (κ2) is 7.26. The molecule has 1 saturated heterocycles. The summed E-state index contributed by atoms with van der Waals surface area (Å²) in [5.74, 6) is -0.174. The molecule has 1 aliphatic heterocycles. The molecule has 1 atom stereocenters. The van der Waals surface area contributed by atoms with E-state index < -0.39 is 6.04 Å². The van der Waals surface area contributed by atoms with E-state index in [-0.39, 0.29) is 29.6 Å². The Labute approximate surface area is 120 Å². The number of nitrogens with zero attached hydrogens (tertiary/aromatic N) is 1. The molecule has 1 fully saturated rings. The van der Waals surface area contributed by atoms with Crippen LogP contribution >= 0.6 is 0 Å². The quantitative estimate of drug-likeness (QED) is 0.770. The van der Waals surface area contributed by atoms with Crippen LogP contribution in [0.2, 0.25) is 0 Å². The Bertz CT molecular complexity index is 374. The zero-order chi connectivity index (χ0) is 15.3. The van der Waals surface area contributed by atoms with Crippen molar-refractivity contribution in [3.63, 3.8) is 0 Å². The third kappa shape index (κ3) is 4.21. The van der Waals surface area contributed by atoms with E-state index >= 15 is 0 Å². The maximum Gasteiger partial charge on any atom is 0.245 e. The first-order valence-corrected chi connectivity index (χ1v) is 7.14. The van der Waals surface area contributed by atoms with Gasteiger partial charge in [0.25, 0.3) is 0 Å². The van der Waals surface area contributed by atoms with Crippen LogP contribution in [0.15, 0.2) is 0 Å². The Kier molecular flexibility index (Phi) is 5.98. The number of nitrogens with one attached hydrogen (secondary N) is 2. The normalized spacial score (nSPS) is 17.8. The minimum atomic E-state index is -0.482. The molecular formula is C14H25N3O3. The van der Waals surface area contributed by atoms with Gasteiger partial charge < -0.3 is 15.5 Å². The first-order valence-electron chi connectivity index (χ1n) is 7.14. The molecule has 1 aliphatic rings. The minimum absolute atomic E-state index is 0.0117. The molecule has 0 bridgehead atoms. The molecule has 1 heterocycles. The Morgan fingerprint density at radius 3 is 2.10 bits per heavy atom. The maximum absolute atomic E-state index is 12.4. The fourth-order valence-electron chi connectivity index (χ4n) is 2.50. The predicted octanol–water partition coefficient (Wildman–Crippen LogP) is 0.132. The van der Waals surface area contributed by atoms with Gasteiger partial charge in [-0.3, -0.25) is 14.4 Å². The number of hydrogen-bond donors (Lipinski definition) is 2. The smallest absolute Gasteiger partial charge is 0.245 e. The summed E-state index contributed by atoms with van der Waals surface area (Å²) in [5.41, 5.74) is 0. The molecule has 0 aromatic rings. The Morgan fingerprint density at radius 1 is 1.15 bits per heavy atom. The van der Waals surface area contributed by atoms with Gasteiger partial charge in [0, 0.05) is 33.0 Å². The highest BCUT2D eigenvalue weighted by atomic mass is 16.2. The molecule has 0 radical (unpaired) electrons. The Hall–Kier alpha value is -1.59. The van der Waals surface area contributed by atoms with Crippen molar-refractivity contribution in [2.24, 2.45) is 11.8 Å². The van der Waals surface area contributed by atoms with Crippen molar-refractivity contribution in [3.8, 4) is 0 Å². The van der Waals surface area contributed by atoms with Gasteiger partial charge in [0.15, 0.2) is 0 Å². The predicted molar refractivity (Wildman–Crippen MR) is 75.8 cm³/mol. The molecule has 6 nitrogen and oxygen atoms in total. The van der Waals surface area contributed by atoms with E-state index in [0.29, 0.717) is 25.9 Å². The monoisotopic (exact) mass is 283 g/mol. The molecule has 0 aliphatic carbocycles. The first-order chi connectivity index (χ1) is 9.36. The highest BCUT2D eigenvalue weighted by Crippen LogP contribution is 2.19. The molecule has 3 amide bonds. The fraction of sp³-hybridized carbons (Fsp3) is 0.786. The van der Waals surface area contributed by atoms with Crippen molar-refractivity contribution < 1.29 is 14.4 Å². The van der Waals surface area contributed by atoms with Crippen molar-refractivity contribution in [1.29, 1.82) is 0 Å². The molecule has 6 heteroatoms. The number of rotatable bonds is 4. The van der Waals surface area contributed by atoms with E-state index in [9.17, 15) is 14.4 Å². The zero-order valence-electron chi connectivity index (χ0n) is 12.7. The largest absolute Gasteiger partial charge is 0.359 e. The van der Waals surface area contributed by atoms with Crippen LogP contribution in [-0.2, 0) is 14.4 Å². The average molecular weight is 283 g/mol. The highest BCUT2D eigenvalue weighted by Gasteiger charge is 2.32. The summed E-state index contributed by atoms with van der Waals surface area (Å²) in [5, 5.41) is 5.36. The summed E-state index contributed by atoms with van der Waals surface area (Å²) in [7, 11) is 1.63. The van der Waals surface area contributed by atoms with Gasteiger partial charge >= 0.3 is 0 Å².